The van der Waals surface area contributed by atoms with Crippen LogP contribution in [-0.2, 0) is 0 Å². The number of carbonyl (C=O) groups is 1. The van der Waals surface area contributed by atoms with Crippen molar-refractivity contribution in [3.8, 4) is 22.9 Å². The highest BCUT2D eigenvalue weighted by Gasteiger charge is 2.26. The minimum absolute atomic E-state index is 0.0145. The van der Waals surface area contributed by atoms with Crippen molar-refractivity contribution >= 4 is 11.7 Å². The quantitative estimate of drug-likeness (QED) is 0.650. The summed E-state index contributed by atoms with van der Waals surface area (Å²) in [6.45, 7) is 0.755. The Morgan fingerprint density at radius 2 is 1.80 bits per heavy atom. The van der Waals surface area contributed by atoms with E-state index in [-0.39, 0.29) is 24.2 Å². The summed E-state index contributed by atoms with van der Waals surface area (Å²) in [5.74, 6) is 1.03. The SMILES string of the molecule is NC(=O)c1cc(N2CCC[C@H]2CO)nc(-c2ccc(Oc3ccc(F)cc3)cc2)n1. The number of halogens is 1. The number of aliphatic hydroxyl groups excluding tert-OH is 1. The number of rotatable bonds is 6. The summed E-state index contributed by atoms with van der Waals surface area (Å²) in [6, 6.07) is 14.3. The van der Waals surface area contributed by atoms with Gasteiger partial charge in [-0.05, 0) is 61.4 Å². The predicted molar refractivity (Wildman–Crippen MR) is 110 cm³/mol. The molecule has 154 valence electrons. The molecular weight excluding hydrogens is 387 g/mol. The molecule has 3 N–H and O–H groups in total. The van der Waals surface area contributed by atoms with Gasteiger partial charge in [0.1, 0.15) is 28.8 Å². The van der Waals surface area contributed by atoms with Gasteiger partial charge >= 0.3 is 0 Å². The molecular formula is C22H21FN4O3. The van der Waals surface area contributed by atoms with Gasteiger partial charge in [0.25, 0.3) is 5.91 Å². The fourth-order valence-electron chi connectivity index (χ4n) is 3.47. The van der Waals surface area contributed by atoms with E-state index in [4.69, 9.17) is 10.5 Å². The van der Waals surface area contributed by atoms with Crippen molar-refractivity contribution in [1.82, 2.24) is 9.97 Å². The number of anilines is 1. The molecule has 1 fully saturated rings. The summed E-state index contributed by atoms with van der Waals surface area (Å²) in [7, 11) is 0. The summed E-state index contributed by atoms with van der Waals surface area (Å²) in [6.07, 6.45) is 1.79. The molecule has 0 aliphatic carbocycles. The van der Waals surface area contributed by atoms with Gasteiger partial charge in [0.2, 0.25) is 0 Å². The number of carbonyl (C=O) groups excluding carboxylic acids is 1. The Morgan fingerprint density at radius 3 is 2.43 bits per heavy atom. The van der Waals surface area contributed by atoms with Crippen LogP contribution in [0.5, 0.6) is 11.5 Å². The molecule has 8 heteroatoms. The molecule has 0 spiro atoms. The van der Waals surface area contributed by atoms with Gasteiger partial charge in [0.05, 0.1) is 12.6 Å². The van der Waals surface area contributed by atoms with Crippen LogP contribution >= 0.6 is 0 Å². The van der Waals surface area contributed by atoms with Gasteiger partial charge in [0.15, 0.2) is 5.82 Å². The number of benzene rings is 2. The van der Waals surface area contributed by atoms with Crippen molar-refractivity contribution < 1.29 is 19.0 Å². The van der Waals surface area contributed by atoms with Crippen molar-refractivity contribution in [2.24, 2.45) is 5.73 Å². The van der Waals surface area contributed by atoms with Crippen LogP contribution < -0.4 is 15.4 Å². The van der Waals surface area contributed by atoms with Crippen molar-refractivity contribution in [2.75, 3.05) is 18.1 Å². The number of aromatic nitrogens is 2. The first-order valence-corrected chi connectivity index (χ1v) is 9.64. The molecule has 1 aliphatic rings. The number of nitrogens with zero attached hydrogens (tertiary/aromatic N) is 3. The Labute approximate surface area is 173 Å². The third kappa shape index (κ3) is 4.23. The van der Waals surface area contributed by atoms with E-state index >= 15 is 0 Å². The summed E-state index contributed by atoms with van der Waals surface area (Å²) < 4.78 is 18.7. The van der Waals surface area contributed by atoms with E-state index in [2.05, 4.69) is 9.97 Å². The van der Waals surface area contributed by atoms with Gasteiger partial charge in [-0.25, -0.2) is 14.4 Å². The Morgan fingerprint density at radius 1 is 1.13 bits per heavy atom. The number of ether oxygens (including phenoxy) is 1. The zero-order chi connectivity index (χ0) is 21.1. The van der Waals surface area contributed by atoms with E-state index in [1.807, 2.05) is 4.90 Å². The largest absolute Gasteiger partial charge is 0.457 e. The first kappa shape index (κ1) is 19.8. The topological polar surface area (TPSA) is 102 Å². The van der Waals surface area contributed by atoms with E-state index in [1.54, 1.807) is 42.5 Å². The lowest BCUT2D eigenvalue weighted by Crippen LogP contribution is -2.33. The molecule has 0 radical (unpaired) electrons. The lowest BCUT2D eigenvalue weighted by Gasteiger charge is -2.24. The van der Waals surface area contributed by atoms with Crippen LogP contribution in [0.4, 0.5) is 10.2 Å². The maximum Gasteiger partial charge on any atom is 0.267 e. The van der Waals surface area contributed by atoms with Gasteiger partial charge < -0.3 is 20.5 Å². The van der Waals surface area contributed by atoms with Crippen molar-refractivity contribution in [3.63, 3.8) is 0 Å². The fraction of sp³-hybridized carbons (Fsp3) is 0.227. The molecule has 7 nitrogen and oxygen atoms in total. The highest BCUT2D eigenvalue weighted by atomic mass is 19.1. The molecule has 1 aromatic heterocycles. The number of primary amides is 1. The van der Waals surface area contributed by atoms with Crippen LogP contribution in [0.15, 0.2) is 54.6 Å². The van der Waals surface area contributed by atoms with E-state index in [0.29, 0.717) is 28.7 Å². The molecule has 30 heavy (non-hydrogen) atoms. The number of hydrogen-bond donors (Lipinski definition) is 2. The standard InChI is InChI=1S/C22H21FN4O3/c23-15-5-9-18(10-6-15)30-17-7-3-14(4-8-17)22-25-19(21(24)29)12-20(26-22)27-11-1-2-16(27)13-28/h3-10,12,16,28H,1-2,11,13H2,(H2,24,29)/t16-/m0/s1. The van der Waals surface area contributed by atoms with Crippen LogP contribution in [0.2, 0.25) is 0 Å². The van der Waals surface area contributed by atoms with Crippen LogP contribution in [-0.4, -0.2) is 40.2 Å². The van der Waals surface area contributed by atoms with Crippen LogP contribution in [0.1, 0.15) is 23.3 Å². The maximum absolute atomic E-state index is 13.0. The van der Waals surface area contributed by atoms with Crippen LogP contribution in [0.3, 0.4) is 0 Å². The van der Waals surface area contributed by atoms with Gasteiger partial charge in [0, 0.05) is 18.2 Å². The Kier molecular flexibility index (Phi) is 5.58. The number of aliphatic hydroxyl groups is 1. The summed E-state index contributed by atoms with van der Waals surface area (Å²) in [5, 5.41) is 9.62. The molecule has 0 unspecified atom stereocenters. The highest BCUT2D eigenvalue weighted by Crippen LogP contribution is 2.28. The van der Waals surface area contributed by atoms with E-state index in [9.17, 15) is 14.3 Å². The van der Waals surface area contributed by atoms with E-state index < -0.39 is 5.91 Å². The lowest BCUT2D eigenvalue weighted by molar-refractivity contribution is 0.0995. The zero-order valence-corrected chi connectivity index (χ0v) is 16.2. The minimum Gasteiger partial charge on any atom is -0.457 e. The second-order valence-electron chi connectivity index (χ2n) is 7.05. The molecule has 0 bridgehead atoms. The van der Waals surface area contributed by atoms with Crippen molar-refractivity contribution in [3.05, 3.63) is 66.1 Å². The van der Waals surface area contributed by atoms with Crippen molar-refractivity contribution in [2.45, 2.75) is 18.9 Å². The lowest BCUT2D eigenvalue weighted by atomic mass is 10.2. The summed E-state index contributed by atoms with van der Waals surface area (Å²) in [4.78, 5) is 22.7. The maximum atomic E-state index is 13.0. The van der Waals surface area contributed by atoms with Crippen molar-refractivity contribution in [1.29, 1.82) is 0 Å². The van der Waals surface area contributed by atoms with E-state index in [1.165, 1.54) is 12.1 Å². The predicted octanol–water partition coefficient (Wildman–Crippen LogP) is 3.14. The Bertz CT molecular complexity index is 1040. The second-order valence-corrected chi connectivity index (χ2v) is 7.05. The molecule has 0 saturated carbocycles. The van der Waals surface area contributed by atoms with E-state index in [0.717, 1.165) is 19.4 Å². The first-order chi connectivity index (χ1) is 14.5. The minimum atomic E-state index is -0.643. The van der Waals surface area contributed by atoms with Gasteiger partial charge in [-0.1, -0.05) is 0 Å². The molecule has 4 rings (SSSR count). The third-order valence-corrected chi connectivity index (χ3v) is 5.01. The Hall–Kier alpha value is -3.52. The van der Waals surface area contributed by atoms with Gasteiger partial charge in [-0.15, -0.1) is 0 Å². The van der Waals surface area contributed by atoms with Gasteiger partial charge in [-0.3, -0.25) is 4.79 Å². The molecule has 1 saturated heterocycles. The molecule has 2 heterocycles. The van der Waals surface area contributed by atoms with Crippen LogP contribution in [0, 0.1) is 5.82 Å². The summed E-state index contributed by atoms with van der Waals surface area (Å²) in [5.41, 5.74) is 6.27. The molecule has 2 aromatic carbocycles. The first-order valence-electron chi connectivity index (χ1n) is 9.64. The average Bonchev–Trinajstić information content (AvgIpc) is 3.24. The number of amides is 1. The average molecular weight is 408 g/mol. The highest BCUT2D eigenvalue weighted by molar-refractivity contribution is 5.92. The Balaban J connectivity index is 1.62. The number of hydrogen-bond acceptors (Lipinski definition) is 6. The molecule has 3 aromatic rings. The number of nitrogens with two attached hydrogens (primary N) is 1. The summed E-state index contributed by atoms with van der Waals surface area (Å²) >= 11 is 0. The monoisotopic (exact) mass is 408 g/mol. The normalized spacial score (nSPS) is 15.9. The molecule has 1 atom stereocenters. The smallest absolute Gasteiger partial charge is 0.267 e. The molecule has 1 aliphatic heterocycles. The molecule has 1 amide bonds. The fourth-order valence-corrected chi connectivity index (χ4v) is 3.47. The zero-order valence-electron chi connectivity index (χ0n) is 16.2. The van der Waals surface area contributed by atoms with Gasteiger partial charge in [-0.2, -0.15) is 0 Å². The van der Waals surface area contributed by atoms with Crippen LogP contribution in [0.25, 0.3) is 11.4 Å². The third-order valence-electron chi connectivity index (χ3n) is 5.01. The second kappa shape index (κ2) is 8.46.